The standard InChI is InChI=1S/C15H23NOS/c1-9-5-10(2)7-13(6-9)14(17)8-15-16-11(3)12(4)18-15/h5,9,13-14,17H,6-8H2,1-4H3. The Morgan fingerprint density at radius 2 is 2.17 bits per heavy atom. The third-order valence-corrected chi connectivity index (χ3v) is 4.92. The van der Waals surface area contributed by atoms with E-state index in [1.807, 2.05) is 6.92 Å². The summed E-state index contributed by atoms with van der Waals surface area (Å²) >= 11 is 1.72. The van der Waals surface area contributed by atoms with Crippen molar-refractivity contribution in [3.63, 3.8) is 0 Å². The van der Waals surface area contributed by atoms with E-state index in [1.54, 1.807) is 11.3 Å². The van der Waals surface area contributed by atoms with Crippen molar-refractivity contribution in [2.75, 3.05) is 0 Å². The molecule has 100 valence electrons. The highest BCUT2D eigenvalue weighted by atomic mass is 32.1. The highest BCUT2D eigenvalue weighted by Crippen LogP contribution is 2.32. The fourth-order valence-electron chi connectivity index (χ4n) is 2.86. The van der Waals surface area contributed by atoms with E-state index in [2.05, 4.69) is 31.8 Å². The van der Waals surface area contributed by atoms with Crippen LogP contribution in [0.2, 0.25) is 0 Å². The number of aliphatic hydroxyl groups is 1. The molecule has 0 saturated heterocycles. The average Bonchev–Trinajstić information content (AvgIpc) is 2.56. The number of thiazole rings is 1. The summed E-state index contributed by atoms with van der Waals surface area (Å²) in [6, 6.07) is 0. The molecule has 2 nitrogen and oxygen atoms in total. The van der Waals surface area contributed by atoms with E-state index in [9.17, 15) is 5.11 Å². The molecule has 2 rings (SSSR count). The van der Waals surface area contributed by atoms with Crippen LogP contribution in [0.4, 0.5) is 0 Å². The van der Waals surface area contributed by atoms with Crippen molar-refractivity contribution in [3.8, 4) is 0 Å². The normalized spacial score (nSPS) is 25.9. The molecule has 3 unspecified atom stereocenters. The second kappa shape index (κ2) is 5.54. The van der Waals surface area contributed by atoms with E-state index >= 15 is 0 Å². The van der Waals surface area contributed by atoms with E-state index < -0.39 is 0 Å². The summed E-state index contributed by atoms with van der Waals surface area (Å²) in [4.78, 5) is 5.80. The van der Waals surface area contributed by atoms with Crippen LogP contribution in [0.1, 0.15) is 42.3 Å². The van der Waals surface area contributed by atoms with Crippen LogP contribution in [0.25, 0.3) is 0 Å². The number of hydrogen-bond acceptors (Lipinski definition) is 3. The van der Waals surface area contributed by atoms with Crippen LogP contribution < -0.4 is 0 Å². The van der Waals surface area contributed by atoms with Gasteiger partial charge in [0.2, 0.25) is 0 Å². The second-order valence-electron chi connectivity index (χ2n) is 5.71. The summed E-state index contributed by atoms with van der Waals surface area (Å²) in [6.07, 6.45) is 4.93. The van der Waals surface area contributed by atoms with Gasteiger partial charge in [-0.3, -0.25) is 0 Å². The predicted molar refractivity (Wildman–Crippen MR) is 76.9 cm³/mol. The fourth-order valence-corrected chi connectivity index (χ4v) is 3.84. The molecule has 0 fully saturated rings. The second-order valence-corrected chi connectivity index (χ2v) is 7.00. The van der Waals surface area contributed by atoms with Gasteiger partial charge in [-0.05, 0) is 45.4 Å². The van der Waals surface area contributed by atoms with Crippen molar-refractivity contribution in [1.82, 2.24) is 4.98 Å². The van der Waals surface area contributed by atoms with Gasteiger partial charge in [0.15, 0.2) is 0 Å². The molecule has 1 N–H and O–H groups in total. The number of hydrogen-bond donors (Lipinski definition) is 1. The summed E-state index contributed by atoms with van der Waals surface area (Å²) in [5, 5.41) is 11.5. The zero-order chi connectivity index (χ0) is 13.3. The summed E-state index contributed by atoms with van der Waals surface area (Å²) in [7, 11) is 0. The highest BCUT2D eigenvalue weighted by molar-refractivity contribution is 7.11. The maximum Gasteiger partial charge on any atom is 0.0956 e. The molecule has 0 saturated carbocycles. The first kappa shape index (κ1) is 13.8. The Morgan fingerprint density at radius 3 is 2.72 bits per heavy atom. The monoisotopic (exact) mass is 265 g/mol. The molecule has 0 aromatic carbocycles. The van der Waals surface area contributed by atoms with E-state index in [1.165, 1.54) is 10.5 Å². The number of aryl methyl sites for hydroxylation is 2. The number of aromatic nitrogens is 1. The van der Waals surface area contributed by atoms with Crippen LogP contribution in [-0.2, 0) is 6.42 Å². The maximum atomic E-state index is 10.4. The highest BCUT2D eigenvalue weighted by Gasteiger charge is 2.25. The molecule has 0 radical (unpaired) electrons. The zero-order valence-corrected chi connectivity index (χ0v) is 12.5. The number of nitrogens with zero attached hydrogens (tertiary/aromatic N) is 1. The van der Waals surface area contributed by atoms with Gasteiger partial charge < -0.3 is 5.11 Å². The first-order valence-electron chi connectivity index (χ1n) is 6.74. The van der Waals surface area contributed by atoms with Gasteiger partial charge in [0, 0.05) is 11.3 Å². The van der Waals surface area contributed by atoms with Crippen LogP contribution in [0.3, 0.4) is 0 Å². The predicted octanol–water partition coefficient (Wildman–Crippen LogP) is 3.66. The molecule has 1 heterocycles. The molecular weight excluding hydrogens is 242 g/mol. The molecule has 18 heavy (non-hydrogen) atoms. The largest absolute Gasteiger partial charge is 0.392 e. The molecule has 3 atom stereocenters. The van der Waals surface area contributed by atoms with Crippen LogP contribution in [0, 0.1) is 25.7 Å². The first-order valence-corrected chi connectivity index (χ1v) is 7.55. The Labute approximate surface area is 114 Å². The Kier molecular flexibility index (Phi) is 4.23. The molecule has 3 heteroatoms. The van der Waals surface area contributed by atoms with Gasteiger partial charge in [-0.15, -0.1) is 11.3 Å². The van der Waals surface area contributed by atoms with Crippen molar-refractivity contribution in [2.24, 2.45) is 11.8 Å². The minimum Gasteiger partial charge on any atom is -0.392 e. The van der Waals surface area contributed by atoms with Gasteiger partial charge in [-0.25, -0.2) is 4.98 Å². The molecule has 0 bridgehead atoms. The molecule has 0 aliphatic heterocycles. The number of allylic oxidation sites excluding steroid dienone is 2. The first-order chi connectivity index (χ1) is 8.45. The molecule has 0 spiro atoms. The van der Waals surface area contributed by atoms with Crippen LogP contribution in [0.5, 0.6) is 0 Å². The molecule has 1 aliphatic rings. The SMILES string of the molecule is CC1=CC(C)CC(C(O)Cc2nc(C)c(C)s2)C1. The van der Waals surface area contributed by atoms with Crippen LogP contribution >= 0.6 is 11.3 Å². The molecular formula is C15H23NOS. The van der Waals surface area contributed by atoms with Gasteiger partial charge in [0.25, 0.3) is 0 Å². The summed E-state index contributed by atoms with van der Waals surface area (Å²) in [5.74, 6) is 0.993. The van der Waals surface area contributed by atoms with Gasteiger partial charge >= 0.3 is 0 Å². The van der Waals surface area contributed by atoms with E-state index in [-0.39, 0.29) is 6.10 Å². The van der Waals surface area contributed by atoms with Gasteiger partial charge in [0.05, 0.1) is 16.8 Å². The van der Waals surface area contributed by atoms with Crippen LogP contribution in [0.15, 0.2) is 11.6 Å². The van der Waals surface area contributed by atoms with Gasteiger partial charge in [-0.1, -0.05) is 18.6 Å². The quantitative estimate of drug-likeness (QED) is 0.846. The summed E-state index contributed by atoms with van der Waals surface area (Å²) < 4.78 is 0. The lowest BCUT2D eigenvalue weighted by molar-refractivity contribution is 0.0931. The van der Waals surface area contributed by atoms with E-state index in [4.69, 9.17) is 0 Å². The number of aliphatic hydroxyl groups excluding tert-OH is 1. The molecule has 1 aromatic rings. The Hall–Kier alpha value is -0.670. The molecule has 1 aliphatic carbocycles. The maximum absolute atomic E-state index is 10.4. The molecule has 0 amide bonds. The van der Waals surface area contributed by atoms with Gasteiger partial charge in [-0.2, -0.15) is 0 Å². The van der Waals surface area contributed by atoms with E-state index in [0.29, 0.717) is 18.3 Å². The van der Waals surface area contributed by atoms with Crippen molar-refractivity contribution >= 4 is 11.3 Å². The average molecular weight is 265 g/mol. The number of rotatable bonds is 3. The van der Waals surface area contributed by atoms with Gasteiger partial charge in [0.1, 0.15) is 0 Å². The zero-order valence-electron chi connectivity index (χ0n) is 11.7. The topological polar surface area (TPSA) is 33.1 Å². The Morgan fingerprint density at radius 1 is 1.44 bits per heavy atom. The Balaban J connectivity index is 2.00. The smallest absolute Gasteiger partial charge is 0.0956 e. The third-order valence-electron chi connectivity index (χ3n) is 3.83. The van der Waals surface area contributed by atoms with Crippen molar-refractivity contribution in [1.29, 1.82) is 0 Å². The van der Waals surface area contributed by atoms with Crippen molar-refractivity contribution < 1.29 is 5.11 Å². The third kappa shape index (κ3) is 3.21. The lowest BCUT2D eigenvalue weighted by Gasteiger charge is -2.29. The molecule has 1 aromatic heterocycles. The Bertz CT molecular complexity index is 430. The van der Waals surface area contributed by atoms with Crippen molar-refractivity contribution in [3.05, 3.63) is 27.2 Å². The minimum absolute atomic E-state index is 0.249. The summed E-state index contributed by atoms with van der Waals surface area (Å²) in [5.41, 5.74) is 2.53. The fraction of sp³-hybridized carbons (Fsp3) is 0.667. The van der Waals surface area contributed by atoms with Crippen molar-refractivity contribution in [2.45, 2.75) is 53.1 Å². The lowest BCUT2D eigenvalue weighted by atomic mass is 9.80. The van der Waals surface area contributed by atoms with Crippen LogP contribution in [-0.4, -0.2) is 16.2 Å². The summed E-state index contributed by atoms with van der Waals surface area (Å²) in [6.45, 7) is 8.54. The lowest BCUT2D eigenvalue weighted by Crippen LogP contribution is -2.27. The van der Waals surface area contributed by atoms with E-state index in [0.717, 1.165) is 23.5 Å². The minimum atomic E-state index is -0.249.